The molecule has 0 saturated carbocycles. The third kappa shape index (κ3) is 3.86. The largest absolute Gasteiger partial charge is 0.467 e. The molecular formula is C19H24N2O3. The lowest BCUT2D eigenvalue weighted by molar-refractivity contribution is 0.0594. The van der Waals surface area contributed by atoms with Gasteiger partial charge >= 0.3 is 5.97 Å². The number of carbonyl (C=O) groups excluding carboxylic acids is 1. The van der Waals surface area contributed by atoms with E-state index in [1.54, 1.807) is 12.3 Å². The molecule has 0 atom stereocenters. The number of benzene rings is 1. The molecule has 0 bridgehead atoms. The van der Waals surface area contributed by atoms with Crippen LogP contribution in [0.4, 0.5) is 0 Å². The molecule has 1 aromatic heterocycles. The van der Waals surface area contributed by atoms with E-state index in [2.05, 4.69) is 41.0 Å². The van der Waals surface area contributed by atoms with Gasteiger partial charge in [0, 0.05) is 32.7 Å². The van der Waals surface area contributed by atoms with Crippen LogP contribution in [-0.2, 0) is 17.8 Å². The first-order chi connectivity index (χ1) is 11.7. The summed E-state index contributed by atoms with van der Waals surface area (Å²) in [7, 11) is 1.39. The van der Waals surface area contributed by atoms with Gasteiger partial charge in [0.05, 0.1) is 19.9 Å². The minimum Gasteiger partial charge on any atom is -0.467 e. The highest BCUT2D eigenvalue weighted by Crippen LogP contribution is 2.17. The van der Waals surface area contributed by atoms with Gasteiger partial charge in [-0.05, 0) is 24.1 Å². The number of esters is 1. The van der Waals surface area contributed by atoms with Gasteiger partial charge in [-0.1, -0.05) is 24.3 Å². The second kappa shape index (κ2) is 7.64. The van der Waals surface area contributed by atoms with Crippen molar-refractivity contribution in [2.45, 2.75) is 20.0 Å². The molecule has 0 spiro atoms. The monoisotopic (exact) mass is 328 g/mol. The number of hydrogen-bond donors (Lipinski definition) is 0. The Morgan fingerprint density at radius 3 is 2.42 bits per heavy atom. The molecule has 1 aliphatic heterocycles. The first-order valence-electron chi connectivity index (χ1n) is 8.31. The van der Waals surface area contributed by atoms with E-state index in [0.29, 0.717) is 17.9 Å². The number of ether oxygens (including phenoxy) is 1. The van der Waals surface area contributed by atoms with Crippen molar-refractivity contribution in [1.29, 1.82) is 0 Å². The normalized spacial score (nSPS) is 16.2. The van der Waals surface area contributed by atoms with Gasteiger partial charge in [0.2, 0.25) is 0 Å². The van der Waals surface area contributed by atoms with Gasteiger partial charge in [0.1, 0.15) is 11.3 Å². The zero-order valence-electron chi connectivity index (χ0n) is 14.3. The summed E-state index contributed by atoms with van der Waals surface area (Å²) in [6.45, 7) is 7.77. The summed E-state index contributed by atoms with van der Waals surface area (Å²) in [6, 6.07) is 10.2. The summed E-state index contributed by atoms with van der Waals surface area (Å²) in [6.07, 6.45) is 1.55. The number of rotatable bonds is 5. The van der Waals surface area contributed by atoms with E-state index in [1.165, 1.54) is 18.2 Å². The fourth-order valence-electron chi connectivity index (χ4n) is 3.09. The van der Waals surface area contributed by atoms with Gasteiger partial charge in [-0.15, -0.1) is 0 Å². The topological polar surface area (TPSA) is 45.9 Å². The van der Waals surface area contributed by atoms with E-state index >= 15 is 0 Å². The maximum Gasteiger partial charge on any atom is 0.341 e. The van der Waals surface area contributed by atoms with Gasteiger partial charge in [0.15, 0.2) is 0 Å². The van der Waals surface area contributed by atoms with Crippen molar-refractivity contribution >= 4 is 5.97 Å². The Hall–Kier alpha value is -2.11. The van der Waals surface area contributed by atoms with Crippen LogP contribution in [-0.4, -0.2) is 49.1 Å². The average Bonchev–Trinajstić information content (AvgIpc) is 3.06. The molecule has 2 aromatic rings. The lowest BCUT2D eigenvalue weighted by Crippen LogP contribution is -2.45. The molecule has 5 nitrogen and oxygen atoms in total. The van der Waals surface area contributed by atoms with Crippen LogP contribution in [0.25, 0.3) is 0 Å². The molecule has 1 fully saturated rings. The van der Waals surface area contributed by atoms with E-state index in [1.807, 2.05) is 0 Å². The summed E-state index contributed by atoms with van der Waals surface area (Å²) in [5, 5.41) is 0. The number of aryl methyl sites for hydroxylation is 1. The van der Waals surface area contributed by atoms with Crippen LogP contribution in [0.1, 0.15) is 27.2 Å². The standard InChI is InChI=1S/C19H24N2O3/c1-15-5-3-4-6-16(15)13-20-8-10-21(11-9-20)14-18-17(7-12-24-18)19(22)23-2/h3-7,12H,8-11,13-14H2,1-2H3. The zero-order chi connectivity index (χ0) is 16.9. The molecule has 24 heavy (non-hydrogen) atoms. The minimum atomic E-state index is -0.336. The zero-order valence-corrected chi connectivity index (χ0v) is 14.3. The van der Waals surface area contributed by atoms with Crippen molar-refractivity contribution in [3.05, 3.63) is 59.0 Å². The number of piperazine rings is 1. The highest BCUT2D eigenvalue weighted by molar-refractivity contribution is 5.90. The third-order valence-corrected chi connectivity index (χ3v) is 4.64. The van der Waals surface area contributed by atoms with E-state index in [0.717, 1.165) is 32.7 Å². The highest BCUT2D eigenvalue weighted by Gasteiger charge is 2.21. The Bertz CT molecular complexity index is 687. The molecule has 0 amide bonds. The Kier molecular flexibility index (Phi) is 5.33. The summed E-state index contributed by atoms with van der Waals surface area (Å²) in [5.41, 5.74) is 3.27. The maximum absolute atomic E-state index is 11.7. The predicted octanol–water partition coefficient (Wildman–Crippen LogP) is 2.69. The van der Waals surface area contributed by atoms with E-state index in [9.17, 15) is 4.79 Å². The van der Waals surface area contributed by atoms with Crippen LogP contribution in [0.15, 0.2) is 41.0 Å². The van der Waals surface area contributed by atoms with E-state index in [-0.39, 0.29) is 5.97 Å². The fraction of sp³-hybridized carbons (Fsp3) is 0.421. The van der Waals surface area contributed by atoms with Crippen LogP contribution in [0, 0.1) is 6.92 Å². The van der Waals surface area contributed by atoms with Crippen molar-refractivity contribution in [3.8, 4) is 0 Å². The van der Waals surface area contributed by atoms with Crippen LogP contribution < -0.4 is 0 Å². The maximum atomic E-state index is 11.7. The molecule has 1 saturated heterocycles. The molecule has 5 heteroatoms. The second-order valence-electron chi connectivity index (χ2n) is 6.23. The average molecular weight is 328 g/mol. The van der Waals surface area contributed by atoms with Crippen LogP contribution in [0.5, 0.6) is 0 Å². The quantitative estimate of drug-likeness (QED) is 0.790. The predicted molar refractivity (Wildman–Crippen MR) is 91.8 cm³/mol. The lowest BCUT2D eigenvalue weighted by Gasteiger charge is -2.34. The van der Waals surface area contributed by atoms with Gasteiger partial charge in [0.25, 0.3) is 0 Å². The van der Waals surface area contributed by atoms with Crippen molar-refractivity contribution in [2.24, 2.45) is 0 Å². The lowest BCUT2D eigenvalue weighted by atomic mass is 10.1. The van der Waals surface area contributed by atoms with Crippen LogP contribution >= 0.6 is 0 Å². The molecule has 0 N–H and O–H groups in total. The second-order valence-corrected chi connectivity index (χ2v) is 6.23. The van der Waals surface area contributed by atoms with Gasteiger partial charge in [-0.3, -0.25) is 9.80 Å². The molecule has 128 valence electrons. The van der Waals surface area contributed by atoms with E-state index in [4.69, 9.17) is 9.15 Å². The molecule has 0 aliphatic carbocycles. The number of hydrogen-bond acceptors (Lipinski definition) is 5. The molecule has 2 heterocycles. The summed E-state index contributed by atoms with van der Waals surface area (Å²) < 4.78 is 10.3. The van der Waals surface area contributed by atoms with Crippen molar-refractivity contribution in [2.75, 3.05) is 33.3 Å². The van der Waals surface area contributed by atoms with Crippen LogP contribution in [0.3, 0.4) is 0 Å². The van der Waals surface area contributed by atoms with Crippen molar-refractivity contribution in [3.63, 3.8) is 0 Å². The molecule has 1 aliphatic rings. The van der Waals surface area contributed by atoms with Gasteiger partial charge < -0.3 is 9.15 Å². The molecule has 3 rings (SSSR count). The Balaban J connectivity index is 1.53. The number of carbonyl (C=O) groups is 1. The van der Waals surface area contributed by atoms with Gasteiger partial charge in [-0.25, -0.2) is 4.79 Å². The third-order valence-electron chi connectivity index (χ3n) is 4.64. The van der Waals surface area contributed by atoms with E-state index < -0.39 is 0 Å². The number of furan rings is 1. The summed E-state index contributed by atoms with van der Waals surface area (Å²) in [4.78, 5) is 16.5. The first kappa shape index (κ1) is 16.7. The SMILES string of the molecule is COC(=O)c1ccoc1CN1CCN(Cc2ccccc2C)CC1. The smallest absolute Gasteiger partial charge is 0.341 e. The van der Waals surface area contributed by atoms with Crippen molar-refractivity contribution < 1.29 is 13.9 Å². The molecule has 1 aromatic carbocycles. The molecule has 0 radical (unpaired) electrons. The highest BCUT2D eigenvalue weighted by atomic mass is 16.5. The summed E-state index contributed by atoms with van der Waals surface area (Å²) >= 11 is 0. The Labute approximate surface area is 142 Å². The molecular weight excluding hydrogens is 304 g/mol. The number of methoxy groups -OCH3 is 1. The van der Waals surface area contributed by atoms with Gasteiger partial charge in [-0.2, -0.15) is 0 Å². The summed E-state index contributed by atoms with van der Waals surface area (Å²) in [5.74, 6) is 0.353. The van der Waals surface area contributed by atoms with Crippen molar-refractivity contribution in [1.82, 2.24) is 9.80 Å². The fourth-order valence-corrected chi connectivity index (χ4v) is 3.09. The number of nitrogens with zero attached hydrogens (tertiary/aromatic N) is 2. The Morgan fingerprint density at radius 1 is 1.08 bits per heavy atom. The molecule has 0 unspecified atom stereocenters. The minimum absolute atomic E-state index is 0.336. The van der Waals surface area contributed by atoms with Crippen LogP contribution in [0.2, 0.25) is 0 Å². The first-order valence-corrected chi connectivity index (χ1v) is 8.31. The Morgan fingerprint density at radius 2 is 1.75 bits per heavy atom.